The van der Waals surface area contributed by atoms with Gasteiger partial charge in [-0.2, -0.15) is 0 Å². The van der Waals surface area contributed by atoms with Crippen LogP contribution >= 0.6 is 0 Å². The minimum atomic E-state index is -0.0773. The Kier molecular flexibility index (Phi) is 5.06. The van der Waals surface area contributed by atoms with Crippen molar-refractivity contribution in [1.82, 2.24) is 4.90 Å². The normalized spacial score (nSPS) is 17.6. The highest BCUT2D eigenvalue weighted by molar-refractivity contribution is 6.04. The molecule has 1 amide bonds. The molecule has 1 N–H and O–H groups in total. The molecule has 2 aromatic carbocycles. The van der Waals surface area contributed by atoms with Crippen molar-refractivity contribution in [3.05, 3.63) is 65.7 Å². The van der Waals surface area contributed by atoms with Gasteiger partial charge < -0.3 is 5.32 Å². The van der Waals surface area contributed by atoms with E-state index in [2.05, 4.69) is 22.3 Å². The number of carbonyl (C=O) groups is 2. The van der Waals surface area contributed by atoms with Crippen LogP contribution in [-0.2, 0) is 4.79 Å². The van der Waals surface area contributed by atoms with E-state index in [0.29, 0.717) is 23.8 Å². The molecule has 1 saturated heterocycles. The largest absolute Gasteiger partial charge is 0.324 e. The molecule has 1 aliphatic heterocycles. The Balaban J connectivity index is 1.68. The molecular weight excluding hydrogens is 300 g/mol. The summed E-state index contributed by atoms with van der Waals surface area (Å²) in [5, 5.41) is 2.89. The lowest BCUT2D eigenvalue weighted by Gasteiger charge is -2.24. The van der Waals surface area contributed by atoms with Crippen molar-refractivity contribution in [2.75, 3.05) is 18.4 Å². The monoisotopic (exact) mass is 322 g/mol. The first-order valence-corrected chi connectivity index (χ1v) is 8.34. The second-order valence-corrected chi connectivity index (χ2v) is 6.19. The van der Waals surface area contributed by atoms with Crippen LogP contribution in [0.2, 0.25) is 0 Å². The number of ketones is 1. The number of para-hydroxylation sites is 1. The van der Waals surface area contributed by atoms with Crippen LogP contribution in [0.1, 0.15) is 41.7 Å². The fourth-order valence-electron chi connectivity index (χ4n) is 3.34. The number of amides is 1. The second kappa shape index (κ2) is 7.41. The van der Waals surface area contributed by atoms with Crippen LogP contribution in [0.15, 0.2) is 54.6 Å². The summed E-state index contributed by atoms with van der Waals surface area (Å²) in [6, 6.07) is 17.7. The third-order valence-corrected chi connectivity index (χ3v) is 4.48. The van der Waals surface area contributed by atoms with Gasteiger partial charge in [-0.15, -0.1) is 0 Å². The first kappa shape index (κ1) is 16.4. The SMILES string of the molecule is CC(=O)c1ccccc1NC(=O)CN1CCC[C@H]1c1ccccc1. The van der Waals surface area contributed by atoms with Crippen LogP contribution < -0.4 is 5.32 Å². The predicted molar refractivity (Wildman–Crippen MR) is 95.1 cm³/mol. The van der Waals surface area contributed by atoms with Gasteiger partial charge in [0.1, 0.15) is 0 Å². The quantitative estimate of drug-likeness (QED) is 0.855. The average Bonchev–Trinajstić information content (AvgIpc) is 3.04. The Morgan fingerprint density at radius 1 is 1.08 bits per heavy atom. The molecule has 4 nitrogen and oxygen atoms in total. The first-order chi connectivity index (χ1) is 11.6. The number of rotatable bonds is 5. The average molecular weight is 322 g/mol. The van der Waals surface area contributed by atoms with Crippen LogP contribution in [0.5, 0.6) is 0 Å². The zero-order valence-corrected chi connectivity index (χ0v) is 13.9. The number of hydrogen-bond donors (Lipinski definition) is 1. The van der Waals surface area contributed by atoms with Crippen molar-refractivity contribution in [2.45, 2.75) is 25.8 Å². The lowest BCUT2D eigenvalue weighted by atomic mass is 10.0. The van der Waals surface area contributed by atoms with E-state index in [0.717, 1.165) is 19.4 Å². The lowest BCUT2D eigenvalue weighted by Crippen LogP contribution is -2.33. The number of nitrogens with one attached hydrogen (secondary N) is 1. The summed E-state index contributed by atoms with van der Waals surface area (Å²) in [6.45, 7) is 2.77. The molecule has 0 unspecified atom stereocenters. The highest BCUT2D eigenvalue weighted by atomic mass is 16.2. The minimum Gasteiger partial charge on any atom is -0.324 e. The van der Waals surface area contributed by atoms with Gasteiger partial charge in [0, 0.05) is 11.6 Å². The Labute approximate surface area is 142 Å². The molecule has 0 radical (unpaired) electrons. The number of hydrogen-bond acceptors (Lipinski definition) is 3. The van der Waals surface area contributed by atoms with Gasteiger partial charge in [0.25, 0.3) is 0 Å². The van der Waals surface area contributed by atoms with Crippen LogP contribution in [0, 0.1) is 0 Å². The van der Waals surface area contributed by atoms with Crippen LogP contribution in [0.4, 0.5) is 5.69 Å². The van der Waals surface area contributed by atoms with E-state index in [1.54, 1.807) is 18.2 Å². The molecule has 124 valence electrons. The van der Waals surface area contributed by atoms with E-state index < -0.39 is 0 Å². The van der Waals surface area contributed by atoms with Crippen molar-refractivity contribution < 1.29 is 9.59 Å². The van der Waals surface area contributed by atoms with E-state index >= 15 is 0 Å². The molecule has 0 aliphatic carbocycles. The molecule has 0 bridgehead atoms. The number of anilines is 1. The molecule has 0 spiro atoms. The Morgan fingerprint density at radius 3 is 2.54 bits per heavy atom. The third kappa shape index (κ3) is 3.71. The molecule has 24 heavy (non-hydrogen) atoms. The lowest BCUT2D eigenvalue weighted by molar-refractivity contribution is -0.117. The zero-order chi connectivity index (χ0) is 16.9. The summed E-state index contributed by atoms with van der Waals surface area (Å²) in [5.41, 5.74) is 2.39. The summed E-state index contributed by atoms with van der Waals surface area (Å²) in [4.78, 5) is 26.3. The summed E-state index contributed by atoms with van der Waals surface area (Å²) < 4.78 is 0. The molecule has 1 aliphatic rings. The molecule has 0 aromatic heterocycles. The maximum atomic E-state index is 12.5. The van der Waals surface area contributed by atoms with Gasteiger partial charge in [0.05, 0.1) is 12.2 Å². The molecule has 1 heterocycles. The van der Waals surface area contributed by atoms with E-state index in [1.807, 2.05) is 24.3 Å². The van der Waals surface area contributed by atoms with Crippen molar-refractivity contribution in [3.63, 3.8) is 0 Å². The topological polar surface area (TPSA) is 49.4 Å². The summed E-state index contributed by atoms with van der Waals surface area (Å²) in [6.07, 6.45) is 2.16. The molecule has 1 atom stereocenters. The Bertz CT molecular complexity index is 727. The summed E-state index contributed by atoms with van der Waals surface area (Å²) >= 11 is 0. The van der Waals surface area contributed by atoms with Crippen molar-refractivity contribution in [3.8, 4) is 0 Å². The fourth-order valence-corrected chi connectivity index (χ4v) is 3.34. The number of nitrogens with zero attached hydrogens (tertiary/aromatic N) is 1. The zero-order valence-electron chi connectivity index (χ0n) is 13.9. The Morgan fingerprint density at radius 2 is 1.79 bits per heavy atom. The first-order valence-electron chi connectivity index (χ1n) is 8.34. The van der Waals surface area contributed by atoms with Crippen LogP contribution in [-0.4, -0.2) is 29.7 Å². The maximum absolute atomic E-state index is 12.5. The summed E-state index contributed by atoms with van der Waals surface area (Å²) in [5.74, 6) is -0.124. The number of carbonyl (C=O) groups excluding carboxylic acids is 2. The van der Waals surface area contributed by atoms with Gasteiger partial charge in [-0.05, 0) is 44.0 Å². The molecule has 1 fully saturated rings. The number of Topliss-reactive ketones (excluding diaryl/α,β-unsaturated/α-hetero) is 1. The van der Waals surface area contributed by atoms with Gasteiger partial charge >= 0.3 is 0 Å². The Hall–Kier alpha value is -2.46. The van der Waals surface area contributed by atoms with E-state index in [4.69, 9.17) is 0 Å². The van der Waals surface area contributed by atoms with Crippen molar-refractivity contribution in [1.29, 1.82) is 0 Å². The third-order valence-electron chi connectivity index (χ3n) is 4.48. The van der Waals surface area contributed by atoms with Crippen molar-refractivity contribution in [2.24, 2.45) is 0 Å². The van der Waals surface area contributed by atoms with E-state index in [1.165, 1.54) is 12.5 Å². The van der Waals surface area contributed by atoms with Gasteiger partial charge in [-0.1, -0.05) is 42.5 Å². The van der Waals surface area contributed by atoms with Gasteiger partial charge in [-0.3, -0.25) is 14.5 Å². The van der Waals surface area contributed by atoms with E-state index in [9.17, 15) is 9.59 Å². The summed E-state index contributed by atoms with van der Waals surface area (Å²) in [7, 11) is 0. The van der Waals surface area contributed by atoms with Crippen LogP contribution in [0.3, 0.4) is 0 Å². The minimum absolute atomic E-state index is 0.0470. The molecule has 0 saturated carbocycles. The van der Waals surface area contributed by atoms with Crippen molar-refractivity contribution >= 4 is 17.4 Å². The standard InChI is InChI=1S/C20H22N2O2/c1-15(23)17-10-5-6-11-18(17)21-20(24)14-22-13-7-12-19(22)16-8-3-2-4-9-16/h2-6,8-11,19H,7,12-14H2,1H3,(H,21,24)/t19-/m0/s1. The predicted octanol–water partition coefficient (Wildman–Crippen LogP) is 3.66. The smallest absolute Gasteiger partial charge is 0.238 e. The van der Waals surface area contributed by atoms with Gasteiger partial charge in [-0.25, -0.2) is 0 Å². The van der Waals surface area contributed by atoms with E-state index in [-0.39, 0.29) is 11.7 Å². The second-order valence-electron chi connectivity index (χ2n) is 6.19. The van der Waals surface area contributed by atoms with Gasteiger partial charge in [0.2, 0.25) is 5.91 Å². The molecule has 2 aromatic rings. The maximum Gasteiger partial charge on any atom is 0.238 e. The fraction of sp³-hybridized carbons (Fsp3) is 0.300. The highest BCUT2D eigenvalue weighted by Gasteiger charge is 2.27. The number of likely N-dealkylation sites (tertiary alicyclic amines) is 1. The van der Waals surface area contributed by atoms with Gasteiger partial charge in [0.15, 0.2) is 5.78 Å². The molecule has 4 heteroatoms. The molecular formula is C20H22N2O2. The number of benzene rings is 2. The molecule has 3 rings (SSSR count). The van der Waals surface area contributed by atoms with Crippen LogP contribution in [0.25, 0.3) is 0 Å². The highest BCUT2D eigenvalue weighted by Crippen LogP contribution is 2.31.